The van der Waals surface area contributed by atoms with Crippen LogP contribution in [0.25, 0.3) is 88.4 Å². The van der Waals surface area contributed by atoms with Crippen molar-refractivity contribution in [3.8, 4) is 44.8 Å². The predicted molar refractivity (Wildman–Crippen MR) is 438 cm³/mol. The standard InChI is InChI=1S/C96H95BN4/c1-91(2,3)66-46-63(47-67(54-66)92(4,5)6)60-38-41-72(42-39-60)98-86-45-40-62(65-50-70(95(13,14)15)56-71(51-65)96(16,17)18)53-81(86)97-80-44-43-74(99-82-34-23-19-30-76(82)77-31-20-24-35-83(77)99)57-87(80)100(73-29-27-28-61(52-73)64-48-68(93(7,8)9)55-69(49-64)94(10,11)12)89-59-75(58-88(98)90(89)97)101-84-36-25-21-32-78(84)79-33-22-26-37-85(79)101/h19-59H,1-18H3/i19D,20D,21D,22D,23D,25D,26D,30D,31D,32D,33D,34D,35D,36D,37D. The van der Waals surface area contributed by atoms with E-state index in [0.717, 1.165) is 83.4 Å². The Kier molecular flexibility index (Phi) is 11.6. The van der Waals surface area contributed by atoms with Gasteiger partial charge < -0.3 is 18.9 Å². The third kappa shape index (κ3) is 11.3. The Bertz CT molecular complexity index is 6430. The van der Waals surface area contributed by atoms with E-state index in [-0.39, 0.29) is 99.9 Å². The molecule has 0 unspecified atom stereocenters. The molecule has 0 saturated heterocycles. The topological polar surface area (TPSA) is 16.3 Å². The van der Waals surface area contributed by atoms with Crippen molar-refractivity contribution >= 4 is 101 Å². The van der Waals surface area contributed by atoms with E-state index < -0.39 is 79.2 Å². The fourth-order valence-corrected chi connectivity index (χ4v) is 15.0. The maximum atomic E-state index is 10.0. The summed E-state index contributed by atoms with van der Waals surface area (Å²) < 4.78 is 146. The number of hydrogen-bond donors (Lipinski definition) is 0. The molecule has 14 aromatic rings. The minimum atomic E-state index is -0.690. The van der Waals surface area contributed by atoms with E-state index in [1.165, 1.54) is 17.2 Å². The van der Waals surface area contributed by atoms with Gasteiger partial charge in [-0.1, -0.05) is 294 Å². The average molecular weight is 1330 g/mol. The minimum Gasteiger partial charge on any atom is -0.311 e. The Balaban J connectivity index is 1.10. The van der Waals surface area contributed by atoms with E-state index in [1.807, 2.05) is 36.4 Å². The molecule has 0 bridgehead atoms. The third-order valence-electron chi connectivity index (χ3n) is 20.9. The first kappa shape index (κ1) is 50.3. The molecule has 4 heterocycles. The molecule has 101 heavy (non-hydrogen) atoms. The highest BCUT2D eigenvalue weighted by molar-refractivity contribution is 7.00. The molecule has 2 aliphatic heterocycles. The molecule has 0 aliphatic carbocycles. The van der Waals surface area contributed by atoms with Crippen molar-refractivity contribution in [3.63, 3.8) is 0 Å². The van der Waals surface area contributed by atoms with Crippen LogP contribution in [-0.4, -0.2) is 15.8 Å². The van der Waals surface area contributed by atoms with E-state index in [4.69, 9.17) is 2.74 Å². The molecule has 5 heteroatoms. The zero-order valence-electron chi connectivity index (χ0n) is 76.4. The van der Waals surface area contributed by atoms with Gasteiger partial charge in [-0.3, -0.25) is 0 Å². The molecule has 0 atom stereocenters. The fraction of sp³-hybridized carbons (Fsp3) is 0.250. The number of rotatable bonds is 7. The highest BCUT2D eigenvalue weighted by Crippen LogP contribution is 2.50. The number of anilines is 6. The monoisotopic (exact) mass is 1330 g/mol. The van der Waals surface area contributed by atoms with Crippen LogP contribution in [-0.2, 0) is 32.5 Å². The second-order valence-corrected chi connectivity index (χ2v) is 34.1. The van der Waals surface area contributed by atoms with Crippen molar-refractivity contribution in [2.45, 2.75) is 157 Å². The van der Waals surface area contributed by atoms with E-state index in [2.05, 4.69) is 250 Å². The zero-order valence-corrected chi connectivity index (χ0v) is 61.4. The number of nitrogens with zero attached hydrogens (tertiary/aromatic N) is 4. The van der Waals surface area contributed by atoms with Crippen LogP contribution < -0.4 is 26.2 Å². The van der Waals surface area contributed by atoms with Crippen LogP contribution >= 0.6 is 0 Å². The predicted octanol–water partition coefficient (Wildman–Crippen LogP) is 24.7. The molecule has 12 aromatic carbocycles. The van der Waals surface area contributed by atoms with Crippen LogP contribution in [0.1, 0.15) is 179 Å². The molecule has 0 saturated carbocycles. The summed E-state index contributed by atoms with van der Waals surface area (Å²) >= 11 is 0. The lowest BCUT2D eigenvalue weighted by molar-refractivity contribution is 0.568. The Morgan fingerprint density at radius 2 is 0.634 bits per heavy atom. The van der Waals surface area contributed by atoms with E-state index in [1.54, 1.807) is 9.13 Å². The molecule has 0 spiro atoms. The first-order valence-corrected chi connectivity index (χ1v) is 35.3. The van der Waals surface area contributed by atoms with Crippen LogP contribution in [0.3, 0.4) is 0 Å². The maximum absolute atomic E-state index is 10.0. The van der Waals surface area contributed by atoms with Crippen molar-refractivity contribution in [2.24, 2.45) is 0 Å². The quantitative estimate of drug-likeness (QED) is 0.148. The molecule has 0 N–H and O–H groups in total. The Hall–Kier alpha value is -10.1. The van der Waals surface area contributed by atoms with Gasteiger partial charge in [-0.15, -0.1) is 0 Å². The van der Waals surface area contributed by atoms with Crippen molar-refractivity contribution in [2.75, 3.05) is 9.80 Å². The van der Waals surface area contributed by atoms with E-state index >= 15 is 0 Å². The number of fused-ring (bicyclic) bond motifs is 10. The largest absolute Gasteiger partial charge is 0.311 e. The third-order valence-corrected chi connectivity index (χ3v) is 20.9. The summed E-state index contributed by atoms with van der Waals surface area (Å²) in [5, 5.41) is -0.142. The van der Waals surface area contributed by atoms with Gasteiger partial charge in [0.25, 0.3) is 6.71 Å². The highest BCUT2D eigenvalue weighted by atomic mass is 15.2. The first-order valence-electron chi connectivity index (χ1n) is 42.8. The van der Waals surface area contributed by atoms with Crippen LogP contribution in [0.5, 0.6) is 0 Å². The van der Waals surface area contributed by atoms with Crippen LogP contribution in [0.2, 0.25) is 0 Å². The van der Waals surface area contributed by atoms with E-state index in [0.29, 0.717) is 28.4 Å². The summed E-state index contributed by atoms with van der Waals surface area (Å²) in [6.07, 6.45) is 0. The lowest BCUT2D eigenvalue weighted by atomic mass is 9.33. The van der Waals surface area contributed by atoms with Crippen molar-refractivity contribution in [1.29, 1.82) is 0 Å². The number of benzene rings is 12. The van der Waals surface area contributed by atoms with Crippen LogP contribution in [0.4, 0.5) is 34.1 Å². The van der Waals surface area contributed by atoms with E-state index in [9.17, 15) is 17.8 Å². The van der Waals surface area contributed by atoms with Gasteiger partial charge in [-0.05, 0) is 194 Å². The number of aromatic nitrogens is 2. The molecule has 0 radical (unpaired) electrons. The van der Waals surface area contributed by atoms with Crippen molar-refractivity contribution < 1.29 is 20.6 Å². The van der Waals surface area contributed by atoms with Crippen molar-refractivity contribution in [1.82, 2.24) is 9.13 Å². The number of hydrogen-bond acceptors (Lipinski definition) is 2. The Morgan fingerprint density at radius 1 is 0.257 bits per heavy atom. The van der Waals surface area contributed by atoms with Gasteiger partial charge in [-0.2, -0.15) is 0 Å². The van der Waals surface area contributed by atoms with Gasteiger partial charge in [0.05, 0.1) is 48.3 Å². The summed E-state index contributed by atoms with van der Waals surface area (Å²) in [6, 6.07) is 48.5. The molecule has 0 amide bonds. The average Bonchev–Trinajstić information content (AvgIpc) is 1.26. The van der Waals surface area contributed by atoms with Gasteiger partial charge in [0.1, 0.15) is 0 Å². The summed E-state index contributed by atoms with van der Waals surface area (Å²) in [4.78, 5) is 4.41. The molecule has 2 aromatic heterocycles. The zero-order chi connectivity index (χ0) is 83.8. The molecule has 16 rings (SSSR count). The van der Waals surface area contributed by atoms with Gasteiger partial charge in [0.2, 0.25) is 0 Å². The SMILES string of the molecule is [2H]c1cc([2H])c2c(c1[2H])c1c([2H])c([2H])c([2H])c([2H])c1n2-c1ccc2c(c1)N(c1cccc(-c3cc(C(C)(C)C)cc(C(C)(C)C)c3)c1)c1cc(-n3c4c([2H])c([2H])c([2H])c([2H])c4c4c([2H])c([2H])c([2H])c([2H])c43)cc3c1B2c1cc(-c2cc(C(C)(C)C)cc(C(C)(C)C)c2)ccc1N3c1ccc(-c2cc(C(C)(C)C)cc(C(C)(C)C)c2)cc1. The minimum absolute atomic E-state index is 0.00478. The second-order valence-electron chi connectivity index (χ2n) is 34.1. The van der Waals surface area contributed by atoms with Gasteiger partial charge in [0, 0.05) is 61.4 Å². The second kappa shape index (κ2) is 23.2. The summed E-state index contributed by atoms with van der Waals surface area (Å²) in [6.45, 7) is 39.3. The lowest BCUT2D eigenvalue weighted by Gasteiger charge is -2.45. The molecule has 2 aliphatic rings. The maximum Gasteiger partial charge on any atom is 0.252 e. The first-order chi connectivity index (χ1) is 54.1. The summed E-state index contributed by atoms with van der Waals surface area (Å²) in [5.41, 5.74) is 18.6. The molecular formula is C96H95BN4. The van der Waals surface area contributed by atoms with Gasteiger partial charge in [0.15, 0.2) is 0 Å². The molecule has 0 fully saturated rings. The highest BCUT2D eigenvalue weighted by Gasteiger charge is 2.45. The van der Waals surface area contributed by atoms with Crippen LogP contribution in [0, 0.1) is 0 Å². The lowest BCUT2D eigenvalue weighted by Crippen LogP contribution is -2.61. The number of para-hydroxylation sites is 4. The Labute approximate surface area is 621 Å². The smallest absolute Gasteiger partial charge is 0.252 e. The molecular weight excluding hydrogens is 1220 g/mol. The van der Waals surface area contributed by atoms with Gasteiger partial charge >= 0.3 is 0 Å². The molecule has 502 valence electrons. The Morgan fingerprint density at radius 3 is 1.10 bits per heavy atom. The normalized spacial score (nSPS) is 15.7. The summed E-state index contributed by atoms with van der Waals surface area (Å²) in [7, 11) is 0. The van der Waals surface area contributed by atoms with Crippen LogP contribution in [0.15, 0.2) is 248 Å². The molecule has 4 nitrogen and oxygen atoms in total. The van der Waals surface area contributed by atoms with Gasteiger partial charge in [-0.25, -0.2) is 0 Å². The summed E-state index contributed by atoms with van der Waals surface area (Å²) in [5.74, 6) is 0. The fourth-order valence-electron chi connectivity index (χ4n) is 15.0. The van der Waals surface area contributed by atoms with Crippen molar-refractivity contribution in [3.05, 3.63) is 282 Å².